The van der Waals surface area contributed by atoms with E-state index in [9.17, 15) is 18.4 Å². The van der Waals surface area contributed by atoms with E-state index < -0.39 is 23.9 Å². The molecule has 2 N–H and O–H groups in total. The number of aliphatic hydroxyl groups excluding tert-OH is 1. The monoisotopic (exact) mass is 403 g/mol. The molecule has 0 saturated heterocycles. The lowest BCUT2D eigenvalue weighted by molar-refractivity contribution is 0.0920. The largest absolute Gasteiger partial charge is 0.394 e. The minimum absolute atomic E-state index is 0.149. The van der Waals surface area contributed by atoms with E-state index in [4.69, 9.17) is 5.11 Å². The van der Waals surface area contributed by atoms with Crippen molar-refractivity contribution in [2.75, 3.05) is 6.61 Å². The third kappa shape index (κ3) is 4.37. The third-order valence-corrected chi connectivity index (χ3v) is 4.20. The van der Waals surface area contributed by atoms with Crippen LogP contribution in [0, 0.1) is 0 Å². The van der Waals surface area contributed by atoms with E-state index in [-0.39, 0.29) is 23.4 Å². The maximum atomic E-state index is 12.9. The van der Waals surface area contributed by atoms with E-state index in [0.29, 0.717) is 11.3 Å². The van der Waals surface area contributed by atoms with Gasteiger partial charge in [0, 0.05) is 24.2 Å². The van der Waals surface area contributed by atoms with Crippen molar-refractivity contribution in [3.05, 3.63) is 64.2 Å². The molecule has 0 saturated carbocycles. The number of rotatable bonds is 6. The summed E-state index contributed by atoms with van der Waals surface area (Å²) in [6, 6.07) is 6.14. The number of halogens is 2. The van der Waals surface area contributed by atoms with E-state index in [1.807, 2.05) is 0 Å². The van der Waals surface area contributed by atoms with Crippen molar-refractivity contribution in [2.24, 2.45) is 7.05 Å². The Kier molecular flexibility index (Phi) is 5.83. The second kappa shape index (κ2) is 8.31. The molecule has 0 aliphatic rings. The second-order valence-corrected chi connectivity index (χ2v) is 6.51. The van der Waals surface area contributed by atoms with Crippen LogP contribution in [0.3, 0.4) is 0 Å². The van der Waals surface area contributed by atoms with Crippen LogP contribution in [-0.2, 0) is 7.05 Å². The number of aromatic nitrogens is 4. The Hall–Kier alpha value is -3.40. The summed E-state index contributed by atoms with van der Waals surface area (Å²) in [4.78, 5) is 25.4. The molecule has 0 spiro atoms. The lowest BCUT2D eigenvalue weighted by atomic mass is 10.1. The SMILES string of the molecule is C[C@@H](CO)NC(=O)c1cc(-c2ccc(C(F)F)cc2)nn(-c2cnn(C)c2)c1=O. The molecule has 0 bridgehead atoms. The van der Waals surface area contributed by atoms with Gasteiger partial charge in [-0.25, -0.2) is 8.78 Å². The van der Waals surface area contributed by atoms with Crippen LogP contribution in [0.5, 0.6) is 0 Å². The van der Waals surface area contributed by atoms with Gasteiger partial charge in [0.2, 0.25) is 0 Å². The Morgan fingerprint density at radius 2 is 1.97 bits per heavy atom. The number of nitrogens with zero attached hydrogens (tertiary/aromatic N) is 4. The molecule has 29 heavy (non-hydrogen) atoms. The average molecular weight is 403 g/mol. The van der Waals surface area contributed by atoms with Crippen LogP contribution in [0.25, 0.3) is 16.9 Å². The number of aliphatic hydroxyl groups is 1. The predicted molar refractivity (Wildman–Crippen MR) is 101 cm³/mol. The number of hydrogen-bond donors (Lipinski definition) is 2. The Labute approximate surface area is 164 Å². The van der Waals surface area contributed by atoms with Crippen molar-refractivity contribution in [3.8, 4) is 16.9 Å². The number of nitrogens with one attached hydrogen (secondary N) is 1. The zero-order chi connectivity index (χ0) is 21.1. The highest BCUT2D eigenvalue weighted by Gasteiger charge is 2.19. The standard InChI is InChI=1S/C19H19F2N5O3/c1-11(10-27)23-18(28)15-7-16(12-3-5-13(6-4-12)17(20)21)24-26(19(15)29)14-8-22-25(2)9-14/h3-9,11,17,27H,10H2,1-2H3,(H,23,28)/t11-/m0/s1. The number of carbonyl (C=O) groups excluding carboxylic acids is 1. The fraction of sp³-hybridized carbons (Fsp3) is 0.263. The lowest BCUT2D eigenvalue weighted by Crippen LogP contribution is -2.39. The fourth-order valence-corrected chi connectivity index (χ4v) is 2.64. The first kappa shape index (κ1) is 20.3. The van der Waals surface area contributed by atoms with Crippen LogP contribution in [0.15, 0.2) is 47.5 Å². The maximum Gasteiger partial charge on any atom is 0.284 e. The summed E-state index contributed by atoms with van der Waals surface area (Å²) in [5.74, 6) is -0.679. The summed E-state index contributed by atoms with van der Waals surface area (Å²) >= 11 is 0. The van der Waals surface area contributed by atoms with Crippen molar-refractivity contribution in [3.63, 3.8) is 0 Å². The molecule has 3 aromatic rings. The Balaban J connectivity index is 2.14. The number of benzene rings is 1. The highest BCUT2D eigenvalue weighted by atomic mass is 19.3. The minimum Gasteiger partial charge on any atom is -0.394 e. The van der Waals surface area contributed by atoms with Crippen molar-refractivity contribution in [2.45, 2.75) is 19.4 Å². The van der Waals surface area contributed by atoms with Crippen LogP contribution in [0.2, 0.25) is 0 Å². The maximum absolute atomic E-state index is 12.9. The fourth-order valence-electron chi connectivity index (χ4n) is 2.64. The molecule has 2 aromatic heterocycles. The van der Waals surface area contributed by atoms with Gasteiger partial charge in [-0.15, -0.1) is 0 Å². The molecule has 1 atom stereocenters. The number of alkyl halides is 2. The normalized spacial score (nSPS) is 12.2. The Bertz CT molecular complexity index is 1080. The topological polar surface area (TPSA) is 102 Å². The summed E-state index contributed by atoms with van der Waals surface area (Å²) in [7, 11) is 1.66. The molecule has 0 unspecified atom stereocenters. The van der Waals surface area contributed by atoms with E-state index >= 15 is 0 Å². The van der Waals surface area contributed by atoms with Crippen LogP contribution in [0.4, 0.5) is 8.78 Å². The Morgan fingerprint density at radius 3 is 2.52 bits per heavy atom. The van der Waals surface area contributed by atoms with Crippen molar-refractivity contribution in [1.29, 1.82) is 0 Å². The molecular formula is C19H19F2N5O3. The summed E-state index contributed by atoms with van der Waals surface area (Å²) in [5.41, 5.74) is 0.0231. The number of hydrogen-bond acceptors (Lipinski definition) is 5. The summed E-state index contributed by atoms with van der Waals surface area (Å²) in [6.07, 6.45) is 0.356. The van der Waals surface area contributed by atoms with Gasteiger partial charge in [-0.3, -0.25) is 14.3 Å². The van der Waals surface area contributed by atoms with Gasteiger partial charge in [0.1, 0.15) is 11.3 Å². The molecule has 3 rings (SSSR count). The second-order valence-electron chi connectivity index (χ2n) is 6.51. The van der Waals surface area contributed by atoms with E-state index in [1.54, 1.807) is 20.2 Å². The van der Waals surface area contributed by atoms with E-state index in [2.05, 4.69) is 15.5 Å². The number of carbonyl (C=O) groups is 1. The molecule has 0 aliphatic carbocycles. The van der Waals surface area contributed by atoms with Gasteiger partial charge in [0.25, 0.3) is 17.9 Å². The molecule has 1 amide bonds. The number of aryl methyl sites for hydroxylation is 1. The first-order valence-electron chi connectivity index (χ1n) is 8.73. The highest BCUT2D eigenvalue weighted by Crippen LogP contribution is 2.23. The third-order valence-electron chi connectivity index (χ3n) is 4.20. The first-order chi connectivity index (χ1) is 13.8. The molecule has 1 aromatic carbocycles. The molecule has 2 heterocycles. The summed E-state index contributed by atoms with van der Waals surface area (Å²) in [5, 5.41) is 20.0. The van der Waals surface area contributed by atoms with Crippen LogP contribution in [-0.4, -0.2) is 43.2 Å². The molecule has 0 aliphatic heterocycles. The van der Waals surface area contributed by atoms with Crippen molar-refractivity contribution >= 4 is 5.91 Å². The first-order valence-corrected chi connectivity index (χ1v) is 8.73. The summed E-state index contributed by atoms with van der Waals surface area (Å²) in [6.45, 7) is 1.29. The zero-order valence-electron chi connectivity index (χ0n) is 15.7. The smallest absolute Gasteiger partial charge is 0.284 e. The van der Waals surface area contributed by atoms with Crippen LogP contribution >= 0.6 is 0 Å². The molecular weight excluding hydrogens is 384 g/mol. The van der Waals surface area contributed by atoms with E-state index in [1.165, 1.54) is 41.2 Å². The lowest BCUT2D eigenvalue weighted by Gasteiger charge is -2.13. The average Bonchev–Trinajstić information content (AvgIpc) is 3.14. The summed E-state index contributed by atoms with van der Waals surface area (Å²) < 4.78 is 28.1. The van der Waals surface area contributed by atoms with Gasteiger partial charge in [-0.1, -0.05) is 24.3 Å². The van der Waals surface area contributed by atoms with Crippen LogP contribution < -0.4 is 10.9 Å². The Morgan fingerprint density at radius 1 is 1.28 bits per heavy atom. The molecule has 0 fully saturated rings. The van der Waals surface area contributed by atoms with Gasteiger partial charge >= 0.3 is 0 Å². The molecule has 0 radical (unpaired) electrons. The molecule has 8 nitrogen and oxygen atoms in total. The predicted octanol–water partition coefficient (Wildman–Crippen LogP) is 1.68. The van der Waals surface area contributed by atoms with Crippen molar-refractivity contribution in [1.82, 2.24) is 24.9 Å². The van der Waals surface area contributed by atoms with Gasteiger partial charge in [-0.05, 0) is 13.0 Å². The minimum atomic E-state index is -2.61. The van der Waals surface area contributed by atoms with E-state index in [0.717, 1.165) is 4.68 Å². The van der Waals surface area contributed by atoms with Gasteiger partial charge in [0.05, 0.1) is 24.7 Å². The molecule has 152 valence electrons. The molecule has 10 heteroatoms. The van der Waals surface area contributed by atoms with Gasteiger partial charge in [-0.2, -0.15) is 14.9 Å². The van der Waals surface area contributed by atoms with Crippen molar-refractivity contribution < 1.29 is 18.7 Å². The van der Waals surface area contributed by atoms with Gasteiger partial charge < -0.3 is 10.4 Å². The quantitative estimate of drug-likeness (QED) is 0.652. The highest BCUT2D eigenvalue weighted by molar-refractivity contribution is 5.95. The van der Waals surface area contributed by atoms with Crippen LogP contribution in [0.1, 0.15) is 29.3 Å². The zero-order valence-corrected chi connectivity index (χ0v) is 15.7. The van der Waals surface area contributed by atoms with Gasteiger partial charge in [0.15, 0.2) is 0 Å². The number of amides is 1.